The summed E-state index contributed by atoms with van der Waals surface area (Å²) in [6.07, 6.45) is 4.27. The monoisotopic (exact) mass is 244 g/mol. The van der Waals surface area contributed by atoms with Crippen LogP contribution < -0.4 is 0 Å². The second kappa shape index (κ2) is 6.38. The first kappa shape index (κ1) is 14.5. The molecule has 17 heavy (non-hydrogen) atoms. The minimum atomic E-state index is -0.782. The Labute approximate surface area is 103 Å². The molecule has 1 aliphatic rings. The number of hydrogen-bond acceptors (Lipinski definition) is 4. The second-order valence-corrected chi connectivity index (χ2v) is 5.01. The van der Waals surface area contributed by atoms with Gasteiger partial charge >= 0.3 is 0 Å². The van der Waals surface area contributed by atoms with Gasteiger partial charge in [0.15, 0.2) is 0 Å². The molecule has 0 aromatic heterocycles. The molecule has 0 amide bonds. The van der Waals surface area contributed by atoms with Crippen molar-refractivity contribution in [2.75, 3.05) is 20.3 Å². The smallest absolute Gasteiger partial charge is 0.124 e. The van der Waals surface area contributed by atoms with Crippen LogP contribution >= 0.6 is 0 Å². The third-order valence-electron chi connectivity index (χ3n) is 3.61. The van der Waals surface area contributed by atoms with E-state index in [1.165, 1.54) is 0 Å². The number of ether oxygens (including phenoxy) is 2. The highest BCUT2D eigenvalue weighted by Gasteiger charge is 2.33. The van der Waals surface area contributed by atoms with Crippen molar-refractivity contribution in [2.24, 2.45) is 5.41 Å². The van der Waals surface area contributed by atoms with Crippen LogP contribution in [-0.2, 0) is 9.47 Å². The highest BCUT2D eigenvalue weighted by Crippen LogP contribution is 2.31. The normalized spacial score (nSPS) is 25.6. The maximum absolute atomic E-state index is 9.28. The summed E-state index contributed by atoms with van der Waals surface area (Å²) in [4.78, 5) is 0. The van der Waals surface area contributed by atoms with Crippen molar-refractivity contribution in [3.05, 3.63) is 12.3 Å². The van der Waals surface area contributed by atoms with Gasteiger partial charge in [0.1, 0.15) is 6.10 Å². The van der Waals surface area contributed by atoms with Crippen molar-refractivity contribution >= 4 is 0 Å². The molecule has 1 saturated carbocycles. The summed E-state index contributed by atoms with van der Waals surface area (Å²) in [5.41, 5.74) is -0.782. The third kappa shape index (κ3) is 3.44. The number of aliphatic hydroxyl groups is 2. The molecule has 2 N–H and O–H groups in total. The zero-order chi connectivity index (χ0) is 12.9. The molecular weight excluding hydrogens is 220 g/mol. The molecular formula is C13H24O4. The van der Waals surface area contributed by atoms with Crippen molar-refractivity contribution in [3.63, 3.8) is 0 Å². The third-order valence-corrected chi connectivity index (χ3v) is 3.61. The summed E-state index contributed by atoms with van der Waals surface area (Å²) in [7, 11) is 1.69. The molecule has 2 atom stereocenters. The molecule has 0 bridgehead atoms. The van der Waals surface area contributed by atoms with Crippen molar-refractivity contribution in [1.29, 1.82) is 0 Å². The van der Waals surface area contributed by atoms with E-state index in [1.807, 2.05) is 0 Å². The molecule has 0 radical (unpaired) electrons. The minimum Gasteiger partial charge on any atom is -0.492 e. The lowest BCUT2D eigenvalue weighted by Crippen LogP contribution is -2.38. The van der Waals surface area contributed by atoms with Gasteiger partial charge in [0.2, 0.25) is 0 Å². The molecule has 1 fully saturated rings. The predicted molar refractivity (Wildman–Crippen MR) is 65.6 cm³/mol. The average Bonchev–Trinajstić information content (AvgIpc) is 2.38. The molecule has 0 heterocycles. The van der Waals surface area contributed by atoms with Gasteiger partial charge in [-0.15, -0.1) is 0 Å². The number of aliphatic hydroxyl groups excluding tert-OH is 2. The Morgan fingerprint density at radius 1 is 1.24 bits per heavy atom. The molecule has 0 spiro atoms. The van der Waals surface area contributed by atoms with E-state index in [4.69, 9.17) is 9.47 Å². The fourth-order valence-corrected chi connectivity index (χ4v) is 2.02. The number of methoxy groups -OCH3 is 1. The summed E-state index contributed by atoms with van der Waals surface area (Å²) in [5, 5.41) is 18.6. The van der Waals surface area contributed by atoms with E-state index in [9.17, 15) is 10.2 Å². The average molecular weight is 244 g/mol. The topological polar surface area (TPSA) is 58.9 Å². The van der Waals surface area contributed by atoms with E-state index < -0.39 is 5.41 Å². The largest absolute Gasteiger partial charge is 0.492 e. The van der Waals surface area contributed by atoms with E-state index in [2.05, 4.69) is 6.58 Å². The van der Waals surface area contributed by atoms with Crippen LogP contribution in [0.15, 0.2) is 12.3 Å². The zero-order valence-corrected chi connectivity index (χ0v) is 10.8. The maximum atomic E-state index is 9.28. The summed E-state index contributed by atoms with van der Waals surface area (Å²) in [5.74, 6) is 0.441. The maximum Gasteiger partial charge on any atom is 0.124 e. The lowest BCUT2D eigenvalue weighted by Gasteiger charge is -2.35. The van der Waals surface area contributed by atoms with Gasteiger partial charge in [-0.2, -0.15) is 0 Å². The van der Waals surface area contributed by atoms with E-state index in [0.717, 1.165) is 25.7 Å². The quantitative estimate of drug-likeness (QED) is 0.695. The van der Waals surface area contributed by atoms with Crippen LogP contribution in [0.3, 0.4) is 0 Å². The molecule has 0 aliphatic heterocycles. The van der Waals surface area contributed by atoms with Crippen LogP contribution in [0.5, 0.6) is 0 Å². The second-order valence-electron chi connectivity index (χ2n) is 5.01. The van der Waals surface area contributed by atoms with E-state index in [-0.39, 0.29) is 25.4 Å². The van der Waals surface area contributed by atoms with Crippen LogP contribution in [0.2, 0.25) is 0 Å². The predicted octanol–water partition coefficient (Wildman–Crippen LogP) is 1.47. The van der Waals surface area contributed by atoms with Crippen LogP contribution in [0.1, 0.15) is 32.6 Å². The zero-order valence-electron chi connectivity index (χ0n) is 10.8. The lowest BCUT2D eigenvalue weighted by atomic mass is 9.89. The van der Waals surface area contributed by atoms with Crippen molar-refractivity contribution < 1.29 is 19.7 Å². The van der Waals surface area contributed by atoms with E-state index >= 15 is 0 Å². The molecule has 0 saturated heterocycles. The number of rotatable bonds is 6. The highest BCUT2D eigenvalue weighted by atomic mass is 16.5. The van der Waals surface area contributed by atoms with E-state index in [1.54, 1.807) is 14.0 Å². The summed E-state index contributed by atoms with van der Waals surface area (Å²) >= 11 is 0. The van der Waals surface area contributed by atoms with Gasteiger partial charge in [0.05, 0.1) is 30.5 Å². The van der Waals surface area contributed by atoms with Gasteiger partial charge in [-0.25, -0.2) is 0 Å². The fourth-order valence-electron chi connectivity index (χ4n) is 2.02. The Bertz CT molecular complexity index is 248. The molecule has 0 aromatic carbocycles. The van der Waals surface area contributed by atoms with Gasteiger partial charge < -0.3 is 19.7 Å². The Kier molecular flexibility index (Phi) is 5.43. The molecule has 2 unspecified atom stereocenters. The lowest BCUT2D eigenvalue weighted by molar-refractivity contribution is -0.0745. The Balaban J connectivity index is 2.60. The fraction of sp³-hybridized carbons (Fsp3) is 0.846. The van der Waals surface area contributed by atoms with Crippen LogP contribution in [0.25, 0.3) is 0 Å². The highest BCUT2D eigenvalue weighted by molar-refractivity contribution is 5.02. The molecule has 1 rings (SSSR count). The SMILES string of the molecule is C=C(OC1CCCCC1OC)C(C)(CO)CO. The first-order valence-corrected chi connectivity index (χ1v) is 6.18. The van der Waals surface area contributed by atoms with Gasteiger partial charge in [-0.3, -0.25) is 0 Å². The summed E-state index contributed by atoms with van der Waals surface area (Å²) in [6, 6.07) is 0. The molecule has 0 aromatic rings. The van der Waals surface area contributed by atoms with Crippen molar-refractivity contribution in [3.8, 4) is 0 Å². The summed E-state index contributed by atoms with van der Waals surface area (Å²) < 4.78 is 11.2. The van der Waals surface area contributed by atoms with Gasteiger partial charge in [-0.1, -0.05) is 13.0 Å². The Morgan fingerprint density at radius 3 is 2.24 bits per heavy atom. The van der Waals surface area contributed by atoms with Crippen molar-refractivity contribution in [1.82, 2.24) is 0 Å². The van der Waals surface area contributed by atoms with Crippen LogP contribution in [0.4, 0.5) is 0 Å². The molecule has 4 heteroatoms. The van der Waals surface area contributed by atoms with Crippen LogP contribution in [0, 0.1) is 5.41 Å². The standard InChI is InChI=1S/C13H24O4/c1-10(13(2,8-14)9-15)17-12-7-5-4-6-11(12)16-3/h11-12,14-15H,1,4-9H2,2-3H3. The first-order chi connectivity index (χ1) is 8.07. The Morgan fingerprint density at radius 2 is 1.76 bits per heavy atom. The molecule has 4 nitrogen and oxygen atoms in total. The first-order valence-electron chi connectivity index (χ1n) is 6.18. The van der Waals surface area contributed by atoms with Gasteiger partial charge in [0.25, 0.3) is 0 Å². The van der Waals surface area contributed by atoms with Gasteiger partial charge in [-0.05, 0) is 26.2 Å². The molecule has 1 aliphatic carbocycles. The minimum absolute atomic E-state index is 0.0151. The van der Waals surface area contributed by atoms with Gasteiger partial charge in [0, 0.05) is 7.11 Å². The Hall–Kier alpha value is -0.580. The summed E-state index contributed by atoms with van der Waals surface area (Å²) in [6.45, 7) is 5.22. The number of hydrogen-bond donors (Lipinski definition) is 2. The van der Waals surface area contributed by atoms with Crippen molar-refractivity contribution in [2.45, 2.75) is 44.8 Å². The van der Waals surface area contributed by atoms with Crippen LogP contribution in [-0.4, -0.2) is 42.7 Å². The molecule has 100 valence electrons. The van der Waals surface area contributed by atoms with E-state index in [0.29, 0.717) is 5.76 Å².